The molecule has 29 heavy (non-hydrogen) atoms. The molecule has 1 aliphatic rings. The number of thiophene rings is 2. The number of anilines is 1. The number of rotatable bonds is 5. The first kappa shape index (κ1) is 20.0. The fraction of sp³-hybridized carbons (Fsp3) is 0.238. The van der Waals surface area contributed by atoms with Gasteiger partial charge in [-0.05, 0) is 60.9 Å². The molecule has 0 radical (unpaired) electrons. The number of ketones is 1. The zero-order valence-electron chi connectivity index (χ0n) is 15.7. The minimum absolute atomic E-state index is 0.0698. The summed E-state index contributed by atoms with van der Waals surface area (Å²) in [5.41, 5.74) is 1.87. The number of sulfone groups is 1. The van der Waals surface area contributed by atoms with Gasteiger partial charge in [-0.15, -0.1) is 22.7 Å². The monoisotopic (exact) mass is 445 g/mol. The second-order valence-electron chi connectivity index (χ2n) is 6.98. The van der Waals surface area contributed by atoms with Crippen molar-refractivity contribution in [1.82, 2.24) is 0 Å². The molecule has 150 valence electrons. The molecule has 0 bridgehead atoms. The van der Waals surface area contributed by atoms with E-state index in [1.54, 1.807) is 18.2 Å². The molecule has 1 amide bonds. The number of hydrogen-bond acceptors (Lipinski definition) is 6. The van der Waals surface area contributed by atoms with Gasteiger partial charge in [0.25, 0.3) is 5.91 Å². The molecule has 0 saturated carbocycles. The Hall–Kier alpha value is -2.29. The topological polar surface area (TPSA) is 80.3 Å². The van der Waals surface area contributed by atoms with Crippen LogP contribution in [0.3, 0.4) is 0 Å². The lowest BCUT2D eigenvalue weighted by Crippen LogP contribution is -2.15. The van der Waals surface area contributed by atoms with Gasteiger partial charge in [0.1, 0.15) is 5.00 Å². The first-order valence-corrected chi connectivity index (χ1v) is 12.8. The zero-order chi connectivity index (χ0) is 20.6. The van der Waals surface area contributed by atoms with E-state index in [2.05, 4.69) is 5.32 Å². The van der Waals surface area contributed by atoms with Gasteiger partial charge in [-0.3, -0.25) is 9.59 Å². The fourth-order valence-corrected chi connectivity index (χ4v) is 6.09. The van der Waals surface area contributed by atoms with Gasteiger partial charge in [-0.25, -0.2) is 8.42 Å². The maximum absolute atomic E-state index is 13.2. The molecule has 1 aromatic carbocycles. The van der Waals surface area contributed by atoms with E-state index in [0.717, 1.165) is 42.4 Å². The minimum Gasteiger partial charge on any atom is -0.313 e. The van der Waals surface area contributed by atoms with Crippen molar-refractivity contribution in [2.24, 2.45) is 0 Å². The summed E-state index contributed by atoms with van der Waals surface area (Å²) in [6.07, 6.45) is 4.94. The van der Waals surface area contributed by atoms with Crippen molar-refractivity contribution < 1.29 is 18.0 Å². The highest BCUT2D eigenvalue weighted by Gasteiger charge is 2.27. The first-order chi connectivity index (χ1) is 13.8. The van der Waals surface area contributed by atoms with Gasteiger partial charge in [0, 0.05) is 16.7 Å². The average molecular weight is 446 g/mol. The second-order valence-corrected chi connectivity index (χ2v) is 11.0. The highest BCUT2D eigenvalue weighted by molar-refractivity contribution is 7.90. The van der Waals surface area contributed by atoms with Crippen LogP contribution in [-0.2, 0) is 22.7 Å². The van der Waals surface area contributed by atoms with Crippen LogP contribution < -0.4 is 5.32 Å². The standard InChI is InChI=1S/C21H19NO4S3/c1-29(25,26)14-7-4-6-13(12-14)20(24)22-21-18(19(23)17-10-5-11-27-17)15-8-2-3-9-16(15)28-21/h4-7,10-12H,2-3,8-9H2,1H3,(H,22,24). The molecule has 0 aliphatic heterocycles. The lowest BCUT2D eigenvalue weighted by Gasteiger charge is -2.12. The SMILES string of the molecule is CS(=O)(=O)c1cccc(C(=O)Nc2sc3c(c2C(=O)c2cccs2)CCCC3)c1. The summed E-state index contributed by atoms with van der Waals surface area (Å²) >= 11 is 2.84. The van der Waals surface area contributed by atoms with Gasteiger partial charge in [0.15, 0.2) is 9.84 Å². The fourth-order valence-electron chi connectivity index (χ4n) is 3.47. The molecule has 0 unspecified atom stereocenters. The molecule has 0 atom stereocenters. The Labute approximate surface area is 177 Å². The van der Waals surface area contributed by atoms with Gasteiger partial charge >= 0.3 is 0 Å². The minimum atomic E-state index is -3.42. The van der Waals surface area contributed by atoms with Crippen molar-refractivity contribution >= 4 is 49.2 Å². The van der Waals surface area contributed by atoms with E-state index >= 15 is 0 Å². The van der Waals surface area contributed by atoms with Crippen LogP contribution in [0.2, 0.25) is 0 Å². The summed E-state index contributed by atoms with van der Waals surface area (Å²) in [6, 6.07) is 9.56. The summed E-state index contributed by atoms with van der Waals surface area (Å²) in [4.78, 5) is 27.9. The third-order valence-electron chi connectivity index (χ3n) is 4.89. The molecular formula is C21H19NO4S3. The van der Waals surface area contributed by atoms with E-state index in [-0.39, 0.29) is 16.2 Å². The molecule has 0 fully saturated rings. The van der Waals surface area contributed by atoms with Crippen LogP contribution in [0.4, 0.5) is 5.00 Å². The van der Waals surface area contributed by atoms with Gasteiger partial charge in [-0.1, -0.05) is 12.1 Å². The van der Waals surface area contributed by atoms with Gasteiger partial charge in [0.2, 0.25) is 5.78 Å². The molecule has 2 aromatic heterocycles. The predicted octanol–water partition coefficient (Wildman–Crippen LogP) is 4.58. The number of benzene rings is 1. The molecule has 1 N–H and O–H groups in total. The van der Waals surface area contributed by atoms with Crippen LogP contribution >= 0.6 is 22.7 Å². The number of carbonyl (C=O) groups excluding carboxylic acids is 2. The Balaban J connectivity index is 1.71. The summed E-state index contributed by atoms with van der Waals surface area (Å²) in [6.45, 7) is 0. The van der Waals surface area contributed by atoms with Crippen LogP contribution in [0.15, 0.2) is 46.7 Å². The Morgan fingerprint density at radius 3 is 2.59 bits per heavy atom. The number of fused-ring (bicyclic) bond motifs is 1. The van der Waals surface area contributed by atoms with Gasteiger partial charge in [0.05, 0.1) is 15.3 Å². The maximum atomic E-state index is 13.2. The lowest BCUT2D eigenvalue weighted by molar-refractivity contribution is 0.102. The number of hydrogen-bond donors (Lipinski definition) is 1. The van der Waals surface area contributed by atoms with Crippen molar-refractivity contribution in [1.29, 1.82) is 0 Å². The summed E-state index contributed by atoms with van der Waals surface area (Å²) in [7, 11) is -3.42. The van der Waals surface area contributed by atoms with Crippen molar-refractivity contribution in [3.05, 3.63) is 68.2 Å². The summed E-state index contributed by atoms with van der Waals surface area (Å²) in [5, 5.41) is 5.28. The van der Waals surface area contributed by atoms with E-state index in [1.165, 1.54) is 34.8 Å². The third-order valence-corrected chi connectivity index (χ3v) is 8.08. The molecular weight excluding hydrogens is 426 g/mol. The molecule has 0 spiro atoms. The molecule has 1 aliphatic carbocycles. The normalized spacial score (nSPS) is 13.7. The van der Waals surface area contributed by atoms with Crippen LogP contribution in [0.25, 0.3) is 0 Å². The second kappa shape index (κ2) is 7.85. The maximum Gasteiger partial charge on any atom is 0.256 e. The van der Waals surface area contributed by atoms with Crippen LogP contribution in [-0.4, -0.2) is 26.4 Å². The average Bonchev–Trinajstić information content (AvgIpc) is 3.35. The molecule has 3 aromatic rings. The molecule has 8 heteroatoms. The summed E-state index contributed by atoms with van der Waals surface area (Å²) in [5.74, 6) is -0.492. The van der Waals surface area contributed by atoms with Gasteiger partial charge in [-0.2, -0.15) is 0 Å². The van der Waals surface area contributed by atoms with Crippen LogP contribution in [0.1, 0.15) is 48.9 Å². The molecule has 0 saturated heterocycles. The number of amides is 1. The highest BCUT2D eigenvalue weighted by atomic mass is 32.2. The Morgan fingerprint density at radius 1 is 1.07 bits per heavy atom. The predicted molar refractivity (Wildman–Crippen MR) is 116 cm³/mol. The van der Waals surface area contributed by atoms with Crippen LogP contribution in [0.5, 0.6) is 0 Å². The quantitative estimate of drug-likeness (QED) is 0.583. The molecule has 4 rings (SSSR count). The number of nitrogens with one attached hydrogen (secondary N) is 1. The first-order valence-electron chi connectivity index (χ1n) is 9.19. The van der Waals surface area contributed by atoms with Crippen LogP contribution in [0, 0.1) is 0 Å². The van der Waals surface area contributed by atoms with Crippen molar-refractivity contribution in [3.8, 4) is 0 Å². The van der Waals surface area contributed by atoms with Crippen molar-refractivity contribution in [2.75, 3.05) is 11.6 Å². The van der Waals surface area contributed by atoms with E-state index in [1.807, 2.05) is 11.4 Å². The van der Waals surface area contributed by atoms with E-state index < -0.39 is 15.7 Å². The van der Waals surface area contributed by atoms with Crippen molar-refractivity contribution in [3.63, 3.8) is 0 Å². The van der Waals surface area contributed by atoms with Gasteiger partial charge < -0.3 is 5.32 Å². The van der Waals surface area contributed by atoms with E-state index in [4.69, 9.17) is 0 Å². The Morgan fingerprint density at radius 2 is 1.86 bits per heavy atom. The Kier molecular flexibility index (Phi) is 5.42. The van der Waals surface area contributed by atoms with E-state index in [9.17, 15) is 18.0 Å². The highest BCUT2D eigenvalue weighted by Crippen LogP contribution is 2.40. The van der Waals surface area contributed by atoms with E-state index in [0.29, 0.717) is 15.4 Å². The zero-order valence-corrected chi connectivity index (χ0v) is 18.2. The third kappa shape index (κ3) is 4.05. The number of carbonyl (C=O) groups is 2. The lowest BCUT2D eigenvalue weighted by atomic mass is 9.93. The summed E-state index contributed by atoms with van der Waals surface area (Å²) < 4.78 is 23.6. The smallest absolute Gasteiger partial charge is 0.256 e. The van der Waals surface area contributed by atoms with Crippen molar-refractivity contribution in [2.45, 2.75) is 30.6 Å². The Bertz CT molecular complexity index is 1190. The molecule has 2 heterocycles. The number of aryl methyl sites for hydroxylation is 1. The largest absolute Gasteiger partial charge is 0.313 e. The molecule has 5 nitrogen and oxygen atoms in total.